The summed E-state index contributed by atoms with van der Waals surface area (Å²) in [6.45, 7) is 5.95. The maximum atomic E-state index is 13.8. The number of hydrogen-bond acceptors (Lipinski definition) is 3. The van der Waals surface area contributed by atoms with Crippen molar-refractivity contribution in [3.05, 3.63) is 30.1 Å². The summed E-state index contributed by atoms with van der Waals surface area (Å²) in [5, 5.41) is 0. The first-order chi connectivity index (χ1) is 12.1. The highest BCUT2D eigenvalue weighted by Gasteiger charge is 2.31. The number of nitrogens with zero attached hydrogens (tertiary/aromatic N) is 2. The molecule has 4 nitrogen and oxygen atoms in total. The topological polar surface area (TPSA) is 32.8 Å². The summed E-state index contributed by atoms with van der Waals surface area (Å²) < 4.78 is 19.4. The van der Waals surface area contributed by atoms with Crippen molar-refractivity contribution >= 4 is 5.91 Å². The number of rotatable bonds is 6. The normalized spacial score (nSPS) is 22.8. The summed E-state index contributed by atoms with van der Waals surface area (Å²) in [5.41, 5.74) is 0. The number of likely N-dealkylation sites (tertiary alicyclic amines) is 2. The van der Waals surface area contributed by atoms with E-state index in [1.807, 2.05) is 4.90 Å². The molecule has 25 heavy (non-hydrogen) atoms. The number of benzene rings is 1. The van der Waals surface area contributed by atoms with Crippen LogP contribution in [0.15, 0.2) is 24.3 Å². The fourth-order valence-corrected chi connectivity index (χ4v) is 3.94. The number of amides is 1. The Balaban J connectivity index is 1.58. The van der Waals surface area contributed by atoms with E-state index in [4.69, 9.17) is 4.74 Å². The number of carbonyl (C=O) groups excluding carboxylic acids is 1. The molecule has 2 saturated heterocycles. The van der Waals surface area contributed by atoms with Gasteiger partial charge < -0.3 is 14.5 Å². The van der Waals surface area contributed by atoms with Crippen LogP contribution < -0.4 is 4.74 Å². The van der Waals surface area contributed by atoms with Crippen LogP contribution in [-0.4, -0.2) is 54.0 Å². The van der Waals surface area contributed by atoms with Gasteiger partial charge in [0.1, 0.15) is 0 Å². The number of para-hydroxylation sites is 1. The maximum absolute atomic E-state index is 13.8. The zero-order valence-corrected chi connectivity index (χ0v) is 15.1. The van der Waals surface area contributed by atoms with Gasteiger partial charge in [0.2, 0.25) is 0 Å². The van der Waals surface area contributed by atoms with Gasteiger partial charge in [-0.3, -0.25) is 4.79 Å². The highest BCUT2D eigenvalue weighted by Crippen LogP contribution is 2.24. The van der Waals surface area contributed by atoms with Crippen molar-refractivity contribution in [1.82, 2.24) is 9.80 Å². The van der Waals surface area contributed by atoms with Gasteiger partial charge in [-0.1, -0.05) is 12.1 Å². The molecular formula is C20H29FN2O2. The zero-order chi connectivity index (χ0) is 17.6. The van der Waals surface area contributed by atoms with E-state index >= 15 is 0 Å². The Morgan fingerprint density at radius 2 is 1.92 bits per heavy atom. The van der Waals surface area contributed by atoms with Gasteiger partial charge in [0.05, 0.1) is 0 Å². The van der Waals surface area contributed by atoms with Crippen molar-refractivity contribution < 1.29 is 13.9 Å². The van der Waals surface area contributed by atoms with Crippen LogP contribution in [0.1, 0.15) is 45.4 Å². The lowest BCUT2D eigenvalue weighted by Crippen LogP contribution is -2.49. The van der Waals surface area contributed by atoms with Crippen molar-refractivity contribution in [3.8, 4) is 5.75 Å². The molecule has 0 radical (unpaired) electrons. The SMILES string of the molecule is C[C@@H](Oc1ccccc1F)C(=O)N1CCCC[C@@H]1CCN1CCCC1. The van der Waals surface area contributed by atoms with E-state index in [2.05, 4.69) is 4.90 Å². The molecule has 0 aromatic heterocycles. The average Bonchev–Trinajstić information content (AvgIpc) is 3.15. The largest absolute Gasteiger partial charge is 0.478 e. The van der Waals surface area contributed by atoms with Gasteiger partial charge in [-0.2, -0.15) is 0 Å². The van der Waals surface area contributed by atoms with Crippen molar-refractivity contribution in [2.45, 2.75) is 57.6 Å². The van der Waals surface area contributed by atoms with E-state index in [0.29, 0.717) is 0 Å². The van der Waals surface area contributed by atoms with Crippen molar-refractivity contribution in [2.24, 2.45) is 0 Å². The molecule has 1 amide bonds. The van der Waals surface area contributed by atoms with E-state index in [1.54, 1.807) is 25.1 Å². The van der Waals surface area contributed by atoms with Crippen LogP contribution in [0.3, 0.4) is 0 Å². The number of carbonyl (C=O) groups is 1. The van der Waals surface area contributed by atoms with Gasteiger partial charge in [0.25, 0.3) is 5.91 Å². The minimum absolute atomic E-state index is 0.0191. The van der Waals surface area contributed by atoms with Gasteiger partial charge in [0.15, 0.2) is 17.7 Å². The highest BCUT2D eigenvalue weighted by atomic mass is 19.1. The van der Waals surface area contributed by atoms with Crippen LogP contribution in [0.4, 0.5) is 4.39 Å². The second-order valence-electron chi connectivity index (χ2n) is 7.21. The fraction of sp³-hybridized carbons (Fsp3) is 0.650. The van der Waals surface area contributed by atoms with E-state index in [-0.39, 0.29) is 17.7 Å². The minimum Gasteiger partial charge on any atom is -0.478 e. The Kier molecular flexibility index (Phi) is 6.29. The molecule has 0 spiro atoms. The van der Waals surface area contributed by atoms with E-state index in [0.717, 1.165) is 32.4 Å². The van der Waals surface area contributed by atoms with E-state index < -0.39 is 11.9 Å². The molecule has 0 aliphatic carbocycles. The fourth-order valence-electron chi connectivity index (χ4n) is 3.94. The Morgan fingerprint density at radius 1 is 1.20 bits per heavy atom. The number of piperidine rings is 1. The summed E-state index contributed by atoms with van der Waals surface area (Å²) in [7, 11) is 0. The highest BCUT2D eigenvalue weighted by molar-refractivity contribution is 5.81. The lowest BCUT2D eigenvalue weighted by Gasteiger charge is -2.38. The van der Waals surface area contributed by atoms with Gasteiger partial charge in [-0.05, 0) is 70.7 Å². The van der Waals surface area contributed by atoms with Gasteiger partial charge in [-0.25, -0.2) is 4.39 Å². The van der Waals surface area contributed by atoms with Crippen LogP contribution in [0.5, 0.6) is 5.75 Å². The predicted molar refractivity (Wildman–Crippen MR) is 96.1 cm³/mol. The molecule has 0 bridgehead atoms. The third kappa shape index (κ3) is 4.72. The molecule has 2 fully saturated rings. The number of hydrogen-bond donors (Lipinski definition) is 0. The molecular weight excluding hydrogens is 319 g/mol. The summed E-state index contributed by atoms with van der Waals surface area (Å²) in [5.74, 6) is -0.297. The molecule has 0 unspecified atom stereocenters. The lowest BCUT2D eigenvalue weighted by atomic mass is 9.98. The summed E-state index contributed by atoms with van der Waals surface area (Å²) >= 11 is 0. The van der Waals surface area contributed by atoms with Gasteiger partial charge in [-0.15, -0.1) is 0 Å². The van der Waals surface area contributed by atoms with Gasteiger partial charge >= 0.3 is 0 Å². The van der Waals surface area contributed by atoms with Crippen LogP contribution in [0, 0.1) is 5.82 Å². The molecule has 138 valence electrons. The van der Waals surface area contributed by atoms with Crippen LogP contribution in [-0.2, 0) is 4.79 Å². The first-order valence-electron chi connectivity index (χ1n) is 9.59. The van der Waals surface area contributed by atoms with Crippen LogP contribution in [0.25, 0.3) is 0 Å². The Morgan fingerprint density at radius 3 is 2.68 bits per heavy atom. The third-order valence-electron chi connectivity index (χ3n) is 5.38. The molecule has 1 aromatic carbocycles. The standard InChI is InChI=1S/C20H29FN2O2/c1-16(25-19-10-3-2-9-18(19)21)20(24)23-14-5-4-8-17(23)11-15-22-12-6-7-13-22/h2-3,9-10,16-17H,4-8,11-15H2,1H3/t16-,17-/m1/s1. The molecule has 5 heteroatoms. The molecule has 0 saturated carbocycles. The summed E-state index contributed by atoms with van der Waals surface area (Å²) in [6.07, 6.45) is 6.23. The quantitative estimate of drug-likeness (QED) is 0.789. The lowest BCUT2D eigenvalue weighted by molar-refractivity contribution is -0.142. The number of ether oxygens (including phenoxy) is 1. The first-order valence-corrected chi connectivity index (χ1v) is 9.59. The Labute approximate surface area is 149 Å². The van der Waals surface area contributed by atoms with Crippen LogP contribution in [0.2, 0.25) is 0 Å². The molecule has 2 atom stereocenters. The zero-order valence-electron chi connectivity index (χ0n) is 15.1. The van der Waals surface area contributed by atoms with Crippen molar-refractivity contribution in [1.29, 1.82) is 0 Å². The minimum atomic E-state index is -0.663. The smallest absolute Gasteiger partial charge is 0.263 e. The average molecular weight is 348 g/mol. The third-order valence-corrected chi connectivity index (χ3v) is 5.38. The second kappa shape index (κ2) is 8.65. The molecule has 2 heterocycles. The number of halogens is 1. The first kappa shape index (κ1) is 18.2. The van der Waals surface area contributed by atoms with Crippen molar-refractivity contribution in [2.75, 3.05) is 26.2 Å². The monoisotopic (exact) mass is 348 g/mol. The molecule has 2 aliphatic rings. The Bertz CT molecular complexity index is 575. The van der Waals surface area contributed by atoms with E-state index in [1.165, 1.54) is 38.4 Å². The van der Waals surface area contributed by atoms with Gasteiger partial charge in [0, 0.05) is 19.1 Å². The molecule has 1 aromatic rings. The second-order valence-corrected chi connectivity index (χ2v) is 7.21. The van der Waals surface area contributed by atoms with Crippen LogP contribution >= 0.6 is 0 Å². The summed E-state index contributed by atoms with van der Waals surface area (Å²) in [4.78, 5) is 17.4. The Hall–Kier alpha value is -1.62. The molecule has 2 aliphatic heterocycles. The predicted octanol–water partition coefficient (Wildman–Crippen LogP) is 3.46. The molecule has 3 rings (SSSR count). The molecule has 0 N–H and O–H groups in total. The van der Waals surface area contributed by atoms with Crippen molar-refractivity contribution in [3.63, 3.8) is 0 Å². The summed E-state index contributed by atoms with van der Waals surface area (Å²) in [6, 6.07) is 6.55. The maximum Gasteiger partial charge on any atom is 0.263 e. The van der Waals surface area contributed by atoms with E-state index in [9.17, 15) is 9.18 Å².